The van der Waals surface area contributed by atoms with E-state index in [1.165, 1.54) is 5.56 Å². The zero-order valence-corrected chi connectivity index (χ0v) is 20.0. The number of hydrogen-bond donors (Lipinski definition) is 1. The van der Waals surface area contributed by atoms with Crippen molar-refractivity contribution in [2.75, 3.05) is 32.7 Å². The van der Waals surface area contributed by atoms with Gasteiger partial charge in [-0.2, -0.15) is 0 Å². The Kier molecular flexibility index (Phi) is 7.87. The van der Waals surface area contributed by atoms with Crippen LogP contribution in [0.5, 0.6) is 0 Å². The highest BCUT2D eigenvalue weighted by molar-refractivity contribution is 8.78. The van der Waals surface area contributed by atoms with Crippen molar-refractivity contribution in [3.8, 4) is 0 Å². The lowest BCUT2D eigenvalue weighted by atomic mass is 10.2. The molecule has 1 aromatic rings. The van der Waals surface area contributed by atoms with Gasteiger partial charge in [0.15, 0.2) is 0 Å². The van der Waals surface area contributed by atoms with E-state index in [1.807, 2.05) is 23.4 Å². The van der Waals surface area contributed by atoms with Crippen LogP contribution in [0.15, 0.2) is 40.3 Å². The van der Waals surface area contributed by atoms with Crippen LogP contribution >= 0.6 is 21.6 Å². The van der Waals surface area contributed by atoms with Gasteiger partial charge in [0, 0.05) is 45.2 Å². The third-order valence-corrected chi connectivity index (χ3v) is 8.90. The fourth-order valence-corrected chi connectivity index (χ4v) is 5.41. The fraction of sp³-hybridized carbons (Fsp3) is 0.591. The number of aliphatic imine (C=N–C) groups is 2. The predicted molar refractivity (Wildman–Crippen MR) is 131 cm³/mol. The van der Waals surface area contributed by atoms with Crippen molar-refractivity contribution in [3.63, 3.8) is 0 Å². The summed E-state index contributed by atoms with van der Waals surface area (Å²) < 4.78 is -0.171. The first kappa shape index (κ1) is 23.2. The smallest absolute Gasteiger partial charge is 0.319 e. The molecule has 0 aliphatic carbocycles. The number of carbonyl (C=O) groups excluding carboxylic acids is 1. The third kappa shape index (κ3) is 7.32. The molecule has 3 rings (SSSR count). The van der Waals surface area contributed by atoms with Gasteiger partial charge in [-0.25, -0.2) is 4.79 Å². The number of hydrogen-bond acceptors (Lipinski definition) is 6. The van der Waals surface area contributed by atoms with Crippen molar-refractivity contribution in [2.45, 2.75) is 49.9 Å². The van der Waals surface area contributed by atoms with E-state index >= 15 is 0 Å². The molecule has 2 aliphatic rings. The summed E-state index contributed by atoms with van der Waals surface area (Å²) in [7, 11) is 3.58. The molecule has 1 aromatic carbocycles. The highest BCUT2D eigenvalue weighted by Gasteiger charge is 2.27. The van der Waals surface area contributed by atoms with E-state index in [4.69, 9.17) is 0 Å². The Bertz CT molecular complexity index is 758. The molecule has 2 aliphatic heterocycles. The summed E-state index contributed by atoms with van der Waals surface area (Å²) in [4.78, 5) is 26.3. The minimum Gasteiger partial charge on any atom is -0.322 e. The van der Waals surface area contributed by atoms with E-state index in [2.05, 4.69) is 72.2 Å². The monoisotopic (exact) mass is 447 g/mol. The van der Waals surface area contributed by atoms with Crippen LogP contribution in [0.3, 0.4) is 0 Å². The Hall–Kier alpha value is -1.51. The van der Waals surface area contributed by atoms with Gasteiger partial charge in [0.2, 0.25) is 0 Å². The predicted octanol–water partition coefficient (Wildman–Crippen LogP) is 3.93. The zero-order chi connectivity index (χ0) is 21.6. The molecule has 2 amide bonds. The Morgan fingerprint density at radius 1 is 1.03 bits per heavy atom. The molecule has 0 saturated carbocycles. The number of benzene rings is 1. The summed E-state index contributed by atoms with van der Waals surface area (Å²) in [6.45, 7) is 13.2. The van der Waals surface area contributed by atoms with Crippen molar-refractivity contribution in [2.24, 2.45) is 9.98 Å². The molecular weight excluding hydrogens is 414 g/mol. The number of urea groups is 1. The van der Waals surface area contributed by atoms with Gasteiger partial charge >= 0.3 is 6.03 Å². The van der Waals surface area contributed by atoms with E-state index in [0.717, 1.165) is 32.7 Å². The lowest BCUT2D eigenvalue weighted by molar-refractivity contribution is 0.133. The van der Waals surface area contributed by atoms with Crippen molar-refractivity contribution >= 4 is 40.0 Å². The van der Waals surface area contributed by atoms with Crippen LogP contribution in [0.25, 0.3) is 0 Å². The van der Waals surface area contributed by atoms with Gasteiger partial charge in [0.1, 0.15) is 6.17 Å². The van der Waals surface area contributed by atoms with E-state index < -0.39 is 0 Å². The SMILES string of the molecule is CC1(C)/C=N\CC(NC(=O)N2CCN(Cc3ccccc3)CC2)/N=C\C(C)(C)SS1. The quantitative estimate of drug-likeness (QED) is 0.713. The number of nitrogens with zero attached hydrogens (tertiary/aromatic N) is 4. The molecule has 1 fully saturated rings. The van der Waals surface area contributed by atoms with Gasteiger partial charge in [0.05, 0.1) is 16.0 Å². The summed E-state index contributed by atoms with van der Waals surface area (Å²) in [6, 6.07) is 10.4. The Morgan fingerprint density at radius 2 is 1.67 bits per heavy atom. The standard InChI is InChI=1S/C22H33N5OS2/c1-21(2)16-23-14-19(24-17-22(3,4)30-29-21)25-20(28)27-12-10-26(11-13-27)15-18-8-6-5-7-9-18/h5-9,16-17,19H,10-15H2,1-4H3,(H,25,28)/b23-16-,24-17-. The van der Waals surface area contributed by atoms with E-state index in [9.17, 15) is 4.79 Å². The lowest BCUT2D eigenvalue weighted by Gasteiger charge is -2.35. The van der Waals surface area contributed by atoms with Gasteiger partial charge in [-0.3, -0.25) is 14.9 Å². The second kappa shape index (κ2) is 10.2. The maximum Gasteiger partial charge on any atom is 0.319 e. The number of carbonyl (C=O) groups is 1. The summed E-state index contributed by atoms with van der Waals surface area (Å²) in [5, 5.41) is 3.07. The van der Waals surface area contributed by atoms with Crippen molar-refractivity contribution in [3.05, 3.63) is 35.9 Å². The average molecular weight is 448 g/mol. The molecule has 0 spiro atoms. The molecule has 1 N–H and O–H groups in total. The first-order chi connectivity index (χ1) is 14.2. The topological polar surface area (TPSA) is 60.3 Å². The highest BCUT2D eigenvalue weighted by Crippen LogP contribution is 2.42. The molecule has 0 radical (unpaired) electrons. The maximum atomic E-state index is 12.8. The van der Waals surface area contributed by atoms with Crippen LogP contribution in [-0.4, -0.2) is 76.6 Å². The first-order valence-electron chi connectivity index (χ1n) is 10.5. The molecular formula is C22H33N5OS2. The van der Waals surface area contributed by atoms with Gasteiger partial charge in [0.25, 0.3) is 0 Å². The Labute approximate surface area is 188 Å². The van der Waals surface area contributed by atoms with Gasteiger partial charge in [-0.1, -0.05) is 51.9 Å². The second-order valence-electron chi connectivity index (χ2n) is 8.86. The Balaban J connectivity index is 1.54. The van der Waals surface area contributed by atoms with Crippen LogP contribution in [0.4, 0.5) is 4.79 Å². The Morgan fingerprint density at radius 3 is 2.33 bits per heavy atom. The van der Waals surface area contributed by atoms with Crippen LogP contribution in [0, 0.1) is 0 Å². The largest absolute Gasteiger partial charge is 0.322 e. The van der Waals surface area contributed by atoms with E-state index in [1.54, 1.807) is 21.6 Å². The summed E-state index contributed by atoms with van der Waals surface area (Å²) in [5.41, 5.74) is 1.31. The molecule has 6 nitrogen and oxygen atoms in total. The summed E-state index contributed by atoms with van der Waals surface area (Å²) in [5.74, 6) is 0. The summed E-state index contributed by atoms with van der Waals surface area (Å²) >= 11 is 0. The number of amides is 2. The third-order valence-electron chi connectivity index (χ3n) is 4.92. The summed E-state index contributed by atoms with van der Waals surface area (Å²) in [6.07, 6.45) is 3.59. The molecule has 30 heavy (non-hydrogen) atoms. The normalized spacial score (nSPS) is 26.5. The van der Waals surface area contributed by atoms with Crippen LogP contribution in [-0.2, 0) is 6.54 Å². The van der Waals surface area contributed by atoms with Crippen LogP contribution in [0.1, 0.15) is 33.3 Å². The zero-order valence-electron chi connectivity index (χ0n) is 18.4. The van der Waals surface area contributed by atoms with Crippen molar-refractivity contribution < 1.29 is 4.79 Å². The second-order valence-corrected chi connectivity index (χ2v) is 12.3. The molecule has 2 heterocycles. The van der Waals surface area contributed by atoms with Crippen LogP contribution < -0.4 is 5.32 Å². The minimum atomic E-state index is -0.338. The highest BCUT2D eigenvalue weighted by atomic mass is 33.1. The van der Waals surface area contributed by atoms with Gasteiger partial charge < -0.3 is 10.2 Å². The molecule has 0 bridgehead atoms. The van der Waals surface area contributed by atoms with Crippen molar-refractivity contribution in [1.29, 1.82) is 0 Å². The van der Waals surface area contributed by atoms with Gasteiger partial charge in [-0.15, -0.1) is 0 Å². The molecule has 1 unspecified atom stereocenters. The fourth-order valence-electron chi connectivity index (χ4n) is 3.21. The number of nitrogens with one attached hydrogen (secondary N) is 1. The minimum absolute atomic E-state index is 0.0529. The molecule has 0 aromatic heterocycles. The van der Waals surface area contributed by atoms with E-state index in [0.29, 0.717) is 6.54 Å². The number of piperazine rings is 1. The lowest BCUT2D eigenvalue weighted by Crippen LogP contribution is -2.53. The molecule has 1 saturated heterocycles. The molecule has 8 heteroatoms. The maximum absolute atomic E-state index is 12.8. The van der Waals surface area contributed by atoms with Gasteiger partial charge in [-0.05, 0) is 33.3 Å². The molecule has 164 valence electrons. The molecule has 1 atom stereocenters. The van der Waals surface area contributed by atoms with Crippen molar-refractivity contribution in [1.82, 2.24) is 15.1 Å². The average Bonchev–Trinajstić information content (AvgIpc) is 2.71. The number of rotatable bonds is 3. The van der Waals surface area contributed by atoms with Crippen LogP contribution in [0.2, 0.25) is 0 Å². The first-order valence-corrected chi connectivity index (χ1v) is 12.6. The van der Waals surface area contributed by atoms with E-state index in [-0.39, 0.29) is 21.7 Å².